The number of aromatic nitrogens is 1. The number of ether oxygens (including phenoxy) is 1. The molecule has 0 aliphatic heterocycles. The Morgan fingerprint density at radius 3 is 2.43 bits per heavy atom. The molecule has 1 rings (SSSR count). The van der Waals surface area contributed by atoms with E-state index in [1.807, 2.05) is 32.9 Å². The zero-order valence-electron chi connectivity index (χ0n) is 13.5. The fraction of sp³-hybridized carbons (Fsp3) is 0.500. The first-order valence-corrected chi connectivity index (χ1v) is 7.19. The molecule has 0 atom stereocenters. The van der Waals surface area contributed by atoms with Crippen LogP contribution in [-0.4, -0.2) is 16.7 Å². The molecule has 1 N–H and O–H groups in total. The van der Waals surface area contributed by atoms with E-state index in [4.69, 9.17) is 16.3 Å². The Hall–Kier alpha value is -1.55. The second kappa shape index (κ2) is 6.48. The number of nitrogens with one attached hydrogen (secondary N) is 1. The number of carbonyl (C=O) groups excluding carboxylic acids is 1. The van der Waals surface area contributed by atoms with Gasteiger partial charge in [0.05, 0.1) is 11.9 Å². The predicted octanol–water partition coefficient (Wildman–Crippen LogP) is 5.14. The van der Waals surface area contributed by atoms with E-state index >= 15 is 0 Å². The predicted molar refractivity (Wildman–Crippen MR) is 87.6 cm³/mol. The van der Waals surface area contributed by atoms with Crippen LogP contribution in [0.3, 0.4) is 0 Å². The van der Waals surface area contributed by atoms with Crippen molar-refractivity contribution in [3.05, 3.63) is 29.1 Å². The van der Waals surface area contributed by atoms with Gasteiger partial charge in [0.25, 0.3) is 0 Å². The van der Waals surface area contributed by atoms with Crippen molar-refractivity contribution >= 4 is 29.5 Å². The van der Waals surface area contributed by atoms with E-state index < -0.39 is 11.7 Å². The molecule has 1 aromatic heterocycles. The Kier molecular flexibility index (Phi) is 5.40. The lowest BCUT2D eigenvalue weighted by Gasteiger charge is -2.20. The number of allylic oxidation sites excluding steroid dienone is 1. The molecule has 4 nitrogen and oxygen atoms in total. The van der Waals surface area contributed by atoms with Crippen molar-refractivity contribution < 1.29 is 9.53 Å². The molecule has 0 aliphatic carbocycles. The minimum Gasteiger partial charge on any atom is -0.444 e. The summed E-state index contributed by atoms with van der Waals surface area (Å²) in [5, 5.41) is 3.07. The second-order valence-corrected chi connectivity index (χ2v) is 7.31. The normalized spacial score (nSPS) is 12.5. The Balaban J connectivity index is 2.97. The van der Waals surface area contributed by atoms with Gasteiger partial charge in [-0.25, -0.2) is 9.78 Å². The fourth-order valence-electron chi connectivity index (χ4n) is 1.44. The summed E-state index contributed by atoms with van der Waals surface area (Å²) < 4.78 is 5.24. The molecule has 21 heavy (non-hydrogen) atoms. The first-order chi connectivity index (χ1) is 9.46. The van der Waals surface area contributed by atoms with Crippen LogP contribution in [0.1, 0.15) is 47.1 Å². The maximum Gasteiger partial charge on any atom is 0.412 e. The number of nitrogens with zero attached hydrogens (tertiary/aromatic N) is 1. The minimum atomic E-state index is -0.550. The molecular formula is C16H23ClN2O2. The number of anilines is 1. The molecule has 0 saturated carbocycles. The zero-order valence-corrected chi connectivity index (χ0v) is 14.2. The fourth-order valence-corrected chi connectivity index (χ4v) is 1.61. The quantitative estimate of drug-likeness (QED) is 0.769. The Labute approximate surface area is 131 Å². The molecule has 0 aliphatic rings. The third-order valence-corrected chi connectivity index (χ3v) is 2.51. The molecule has 5 heteroatoms. The highest BCUT2D eigenvalue weighted by atomic mass is 35.5. The maximum atomic E-state index is 11.8. The van der Waals surface area contributed by atoms with Gasteiger partial charge < -0.3 is 4.74 Å². The Morgan fingerprint density at radius 2 is 1.90 bits per heavy atom. The standard InChI is InChI=1S/C16H23ClN2O2/c1-15(2,3)8-7-11-9-13(17)18-10-12(11)19-14(20)21-16(4,5)6/h7-10H,1-6H3,(H,19,20)/b8-7+. The first-order valence-electron chi connectivity index (χ1n) is 6.81. The number of hydrogen-bond acceptors (Lipinski definition) is 3. The van der Waals surface area contributed by atoms with Gasteiger partial charge in [0.15, 0.2) is 0 Å². The average molecular weight is 311 g/mol. The van der Waals surface area contributed by atoms with Crippen LogP contribution in [0, 0.1) is 5.41 Å². The molecule has 0 saturated heterocycles. The molecule has 0 spiro atoms. The van der Waals surface area contributed by atoms with E-state index in [2.05, 4.69) is 31.1 Å². The molecule has 0 radical (unpaired) electrons. The van der Waals surface area contributed by atoms with Crippen LogP contribution in [0.15, 0.2) is 18.3 Å². The molecule has 1 amide bonds. The summed E-state index contributed by atoms with van der Waals surface area (Å²) in [7, 11) is 0. The highest BCUT2D eigenvalue weighted by molar-refractivity contribution is 6.29. The second-order valence-electron chi connectivity index (χ2n) is 6.92. The molecule has 0 unspecified atom stereocenters. The first kappa shape index (κ1) is 17.5. The van der Waals surface area contributed by atoms with Gasteiger partial charge in [-0.15, -0.1) is 0 Å². The summed E-state index contributed by atoms with van der Waals surface area (Å²) in [4.78, 5) is 15.8. The van der Waals surface area contributed by atoms with Gasteiger partial charge in [0.2, 0.25) is 0 Å². The topological polar surface area (TPSA) is 51.2 Å². The van der Waals surface area contributed by atoms with Crippen molar-refractivity contribution in [3.63, 3.8) is 0 Å². The van der Waals surface area contributed by atoms with Gasteiger partial charge in [0, 0.05) is 5.56 Å². The average Bonchev–Trinajstić information content (AvgIpc) is 2.26. The van der Waals surface area contributed by atoms with E-state index in [-0.39, 0.29) is 5.41 Å². The molecule has 0 bridgehead atoms. The summed E-state index contributed by atoms with van der Waals surface area (Å²) in [6, 6.07) is 1.70. The van der Waals surface area contributed by atoms with Gasteiger partial charge >= 0.3 is 6.09 Å². The van der Waals surface area contributed by atoms with Crippen molar-refractivity contribution in [2.75, 3.05) is 5.32 Å². The number of halogens is 1. The van der Waals surface area contributed by atoms with Gasteiger partial charge in [-0.2, -0.15) is 0 Å². The third kappa shape index (κ3) is 7.14. The van der Waals surface area contributed by atoms with Crippen molar-refractivity contribution in [1.82, 2.24) is 4.98 Å². The molecule has 1 aromatic rings. The van der Waals surface area contributed by atoms with Crippen molar-refractivity contribution in [3.8, 4) is 0 Å². The largest absolute Gasteiger partial charge is 0.444 e. The van der Waals surface area contributed by atoms with Crippen LogP contribution in [0.2, 0.25) is 5.15 Å². The molecule has 0 fully saturated rings. The van der Waals surface area contributed by atoms with E-state index in [1.165, 1.54) is 6.20 Å². The molecule has 1 heterocycles. The van der Waals surface area contributed by atoms with E-state index in [9.17, 15) is 4.79 Å². The molecular weight excluding hydrogens is 288 g/mol. The lowest BCUT2D eigenvalue weighted by molar-refractivity contribution is 0.0636. The van der Waals surface area contributed by atoms with E-state index in [0.29, 0.717) is 10.8 Å². The smallest absolute Gasteiger partial charge is 0.412 e. The van der Waals surface area contributed by atoms with Gasteiger partial charge in [-0.1, -0.05) is 44.5 Å². The van der Waals surface area contributed by atoms with Gasteiger partial charge in [0.1, 0.15) is 10.8 Å². The highest BCUT2D eigenvalue weighted by Gasteiger charge is 2.17. The van der Waals surface area contributed by atoms with Gasteiger partial charge in [-0.05, 0) is 32.3 Å². The minimum absolute atomic E-state index is 0.0267. The number of carbonyl (C=O) groups is 1. The summed E-state index contributed by atoms with van der Waals surface area (Å²) in [5.74, 6) is 0. The van der Waals surface area contributed by atoms with Crippen LogP contribution < -0.4 is 5.32 Å². The SMILES string of the molecule is CC(C)(C)/C=C/c1cc(Cl)ncc1NC(=O)OC(C)(C)C. The van der Waals surface area contributed by atoms with Gasteiger partial charge in [-0.3, -0.25) is 5.32 Å². The van der Waals surface area contributed by atoms with E-state index in [1.54, 1.807) is 6.07 Å². The van der Waals surface area contributed by atoms with Crippen LogP contribution in [0.25, 0.3) is 6.08 Å². The summed E-state index contributed by atoms with van der Waals surface area (Å²) in [5.41, 5.74) is 0.828. The van der Waals surface area contributed by atoms with Crippen molar-refractivity contribution in [2.45, 2.75) is 47.1 Å². The zero-order chi connectivity index (χ0) is 16.3. The van der Waals surface area contributed by atoms with Crippen LogP contribution in [0.4, 0.5) is 10.5 Å². The number of pyridine rings is 1. The number of amides is 1. The summed E-state index contributed by atoms with van der Waals surface area (Å²) >= 11 is 5.92. The van der Waals surface area contributed by atoms with E-state index in [0.717, 1.165) is 5.56 Å². The Bertz CT molecular complexity index is 540. The lowest BCUT2D eigenvalue weighted by atomic mass is 9.95. The Morgan fingerprint density at radius 1 is 1.29 bits per heavy atom. The van der Waals surface area contributed by atoms with Crippen molar-refractivity contribution in [1.29, 1.82) is 0 Å². The highest BCUT2D eigenvalue weighted by Crippen LogP contribution is 2.24. The third-order valence-electron chi connectivity index (χ3n) is 2.30. The molecule has 0 aromatic carbocycles. The number of hydrogen-bond donors (Lipinski definition) is 1. The summed E-state index contributed by atoms with van der Waals surface area (Å²) in [6.45, 7) is 11.7. The summed E-state index contributed by atoms with van der Waals surface area (Å²) in [6.07, 6.45) is 4.96. The number of rotatable bonds is 2. The lowest BCUT2D eigenvalue weighted by Crippen LogP contribution is -2.27. The van der Waals surface area contributed by atoms with Crippen LogP contribution in [0.5, 0.6) is 0 Å². The monoisotopic (exact) mass is 310 g/mol. The van der Waals surface area contributed by atoms with Crippen molar-refractivity contribution in [2.24, 2.45) is 5.41 Å². The molecule has 116 valence electrons. The van der Waals surface area contributed by atoms with Crippen LogP contribution in [-0.2, 0) is 4.74 Å². The maximum absolute atomic E-state index is 11.8. The van der Waals surface area contributed by atoms with Crippen LogP contribution >= 0.6 is 11.6 Å².